The van der Waals surface area contributed by atoms with Gasteiger partial charge >= 0.3 is 0 Å². The zero-order valence-electron chi connectivity index (χ0n) is 20.1. The molecule has 8 nitrogen and oxygen atoms in total. The van der Waals surface area contributed by atoms with Gasteiger partial charge in [0.2, 0.25) is 5.91 Å². The summed E-state index contributed by atoms with van der Waals surface area (Å²) in [7, 11) is 0. The lowest BCUT2D eigenvalue weighted by atomic mass is 9.95. The van der Waals surface area contributed by atoms with Crippen LogP contribution in [0.3, 0.4) is 0 Å². The minimum Gasteiger partial charge on any atom is -0.467 e. The molecule has 1 aliphatic carbocycles. The van der Waals surface area contributed by atoms with Crippen LogP contribution < -0.4 is 15.5 Å². The minimum absolute atomic E-state index is 0.0587. The van der Waals surface area contributed by atoms with Gasteiger partial charge in [0.15, 0.2) is 11.8 Å². The van der Waals surface area contributed by atoms with Crippen LogP contribution >= 0.6 is 0 Å². The standard InChI is InChI=1S/C27H31N3O5/c1-18-12-13-21(19(2)16-18)30(24(31)17-28-26(32)23-11-7-15-35-23)25(22-10-6-14-34-22)27(33)29-20-8-4-3-5-9-20/h6-7,10-16,20,25H,3-5,8-9,17H2,1-2H3,(H,28,32)(H,29,33)/t25-/m0/s1. The Kier molecular flexibility index (Phi) is 7.70. The van der Waals surface area contributed by atoms with Crippen molar-refractivity contribution in [3.63, 3.8) is 0 Å². The SMILES string of the molecule is Cc1ccc(N(C(=O)CNC(=O)c2ccco2)[C@H](C(=O)NC2CCCCC2)c2ccco2)c(C)c1. The molecule has 1 atom stereocenters. The maximum atomic E-state index is 13.7. The van der Waals surface area contributed by atoms with Crippen LogP contribution in [-0.2, 0) is 9.59 Å². The van der Waals surface area contributed by atoms with Gasteiger partial charge in [0, 0.05) is 11.7 Å². The summed E-state index contributed by atoms with van der Waals surface area (Å²) in [5.41, 5.74) is 2.44. The van der Waals surface area contributed by atoms with Crippen molar-refractivity contribution in [1.82, 2.24) is 10.6 Å². The molecule has 2 aromatic heterocycles. The summed E-state index contributed by atoms with van der Waals surface area (Å²) in [5.74, 6) is -0.808. The van der Waals surface area contributed by atoms with Gasteiger partial charge in [-0.05, 0) is 62.6 Å². The molecule has 1 aromatic carbocycles. The molecule has 1 aliphatic rings. The van der Waals surface area contributed by atoms with Crippen LogP contribution in [0, 0.1) is 13.8 Å². The second-order valence-corrected chi connectivity index (χ2v) is 8.98. The Bertz CT molecular complexity index is 1150. The maximum absolute atomic E-state index is 13.7. The van der Waals surface area contributed by atoms with Crippen molar-refractivity contribution in [2.24, 2.45) is 0 Å². The van der Waals surface area contributed by atoms with E-state index in [1.165, 1.54) is 23.5 Å². The van der Waals surface area contributed by atoms with Crippen LogP contribution in [0.5, 0.6) is 0 Å². The summed E-state index contributed by atoms with van der Waals surface area (Å²) in [5, 5.41) is 5.74. The second-order valence-electron chi connectivity index (χ2n) is 8.98. The van der Waals surface area contributed by atoms with Crippen molar-refractivity contribution in [2.45, 2.75) is 58.0 Å². The molecule has 4 rings (SSSR count). The second kappa shape index (κ2) is 11.1. The molecular weight excluding hydrogens is 446 g/mol. The van der Waals surface area contributed by atoms with Crippen molar-refractivity contribution >= 4 is 23.4 Å². The summed E-state index contributed by atoms with van der Waals surface area (Å²) in [6, 6.07) is 11.2. The molecule has 3 aromatic rings. The van der Waals surface area contributed by atoms with E-state index in [9.17, 15) is 14.4 Å². The Morgan fingerprint density at radius 2 is 1.74 bits per heavy atom. The molecule has 35 heavy (non-hydrogen) atoms. The number of aryl methyl sites for hydroxylation is 2. The predicted octanol–water partition coefficient (Wildman–Crippen LogP) is 4.44. The van der Waals surface area contributed by atoms with Gasteiger partial charge in [0.25, 0.3) is 11.8 Å². The highest BCUT2D eigenvalue weighted by molar-refractivity contribution is 6.04. The average molecular weight is 478 g/mol. The van der Waals surface area contributed by atoms with Crippen LogP contribution in [-0.4, -0.2) is 30.3 Å². The summed E-state index contributed by atoms with van der Waals surface area (Å²) in [4.78, 5) is 41.1. The van der Waals surface area contributed by atoms with E-state index in [1.807, 2.05) is 32.0 Å². The third-order valence-corrected chi connectivity index (χ3v) is 6.30. The quantitative estimate of drug-likeness (QED) is 0.499. The molecule has 0 bridgehead atoms. The van der Waals surface area contributed by atoms with Crippen LogP contribution in [0.15, 0.2) is 63.8 Å². The Morgan fingerprint density at radius 1 is 1.00 bits per heavy atom. The smallest absolute Gasteiger partial charge is 0.287 e. The number of carbonyl (C=O) groups excluding carboxylic acids is 3. The van der Waals surface area contributed by atoms with Gasteiger partial charge in [0.1, 0.15) is 5.76 Å². The molecule has 0 unspecified atom stereocenters. The number of amides is 3. The van der Waals surface area contributed by atoms with E-state index in [0.29, 0.717) is 11.4 Å². The lowest BCUT2D eigenvalue weighted by Gasteiger charge is -2.33. The largest absolute Gasteiger partial charge is 0.467 e. The summed E-state index contributed by atoms with van der Waals surface area (Å²) >= 11 is 0. The average Bonchev–Trinajstić information content (AvgIpc) is 3.56. The number of anilines is 1. The molecule has 0 saturated heterocycles. The predicted molar refractivity (Wildman–Crippen MR) is 131 cm³/mol. The first-order valence-corrected chi connectivity index (χ1v) is 12.0. The molecule has 2 N–H and O–H groups in total. The maximum Gasteiger partial charge on any atom is 0.287 e. The van der Waals surface area contributed by atoms with E-state index in [2.05, 4.69) is 10.6 Å². The molecule has 184 valence electrons. The lowest BCUT2D eigenvalue weighted by molar-refractivity contribution is -0.127. The fourth-order valence-electron chi connectivity index (χ4n) is 4.58. The van der Waals surface area contributed by atoms with Gasteiger partial charge in [-0.15, -0.1) is 0 Å². The van der Waals surface area contributed by atoms with Crippen LogP contribution in [0.4, 0.5) is 5.69 Å². The molecule has 0 spiro atoms. The monoisotopic (exact) mass is 477 g/mol. The molecule has 1 saturated carbocycles. The Morgan fingerprint density at radius 3 is 2.40 bits per heavy atom. The van der Waals surface area contributed by atoms with Crippen LogP contribution in [0.2, 0.25) is 0 Å². The summed E-state index contributed by atoms with van der Waals surface area (Å²) in [6.45, 7) is 3.54. The third kappa shape index (κ3) is 5.82. The van der Waals surface area contributed by atoms with Gasteiger partial charge in [-0.2, -0.15) is 0 Å². The van der Waals surface area contributed by atoms with Crippen LogP contribution in [0.25, 0.3) is 0 Å². The summed E-state index contributed by atoms with van der Waals surface area (Å²) in [6.07, 6.45) is 7.99. The van der Waals surface area contributed by atoms with E-state index in [-0.39, 0.29) is 24.3 Å². The number of hydrogen-bond donors (Lipinski definition) is 2. The molecule has 3 amide bonds. The van der Waals surface area contributed by atoms with Crippen molar-refractivity contribution in [2.75, 3.05) is 11.4 Å². The lowest BCUT2D eigenvalue weighted by Crippen LogP contribution is -2.49. The van der Waals surface area contributed by atoms with E-state index in [1.54, 1.807) is 18.2 Å². The first kappa shape index (κ1) is 24.3. The van der Waals surface area contributed by atoms with Gasteiger partial charge in [0.05, 0.1) is 19.1 Å². The Balaban J connectivity index is 1.66. The number of furan rings is 2. The first-order valence-electron chi connectivity index (χ1n) is 12.0. The van der Waals surface area contributed by atoms with Gasteiger partial charge in [-0.3, -0.25) is 19.3 Å². The van der Waals surface area contributed by atoms with Crippen molar-refractivity contribution < 1.29 is 23.2 Å². The molecule has 0 aliphatic heterocycles. The molecule has 2 heterocycles. The Labute approximate surface area is 204 Å². The van der Waals surface area contributed by atoms with E-state index < -0.39 is 17.9 Å². The number of nitrogens with one attached hydrogen (secondary N) is 2. The third-order valence-electron chi connectivity index (χ3n) is 6.30. The van der Waals surface area contributed by atoms with Crippen molar-refractivity contribution in [3.8, 4) is 0 Å². The van der Waals surface area contributed by atoms with Crippen LogP contribution in [0.1, 0.15) is 65.6 Å². The fraction of sp³-hybridized carbons (Fsp3) is 0.370. The van der Waals surface area contributed by atoms with Crippen molar-refractivity contribution in [3.05, 3.63) is 77.6 Å². The Hall–Kier alpha value is -3.81. The van der Waals surface area contributed by atoms with Gasteiger partial charge < -0.3 is 19.5 Å². The number of carbonyl (C=O) groups is 3. The molecular formula is C27H31N3O5. The highest BCUT2D eigenvalue weighted by Gasteiger charge is 2.36. The van der Waals surface area contributed by atoms with E-state index >= 15 is 0 Å². The first-order chi connectivity index (χ1) is 16.9. The van der Waals surface area contributed by atoms with E-state index in [4.69, 9.17) is 8.83 Å². The highest BCUT2D eigenvalue weighted by Crippen LogP contribution is 2.32. The highest BCUT2D eigenvalue weighted by atomic mass is 16.3. The normalized spacial score (nSPS) is 14.8. The minimum atomic E-state index is -1.03. The van der Waals surface area contributed by atoms with Gasteiger partial charge in [-0.25, -0.2) is 0 Å². The summed E-state index contributed by atoms with van der Waals surface area (Å²) < 4.78 is 10.8. The number of nitrogens with zero attached hydrogens (tertiary/aromatic N) is 1. The number of rotatable bonds is 8. The molecule has 0 radical (unpaired) electrons. The zero-order valence-corrected chi connectivity index (χ0v) is 20.1. The molecule has 1 fully saturated rings. The van der Waals surface area contributed by atoms with Gasteiger partial charge in [-0.1, -0.05) is 37.0 Å². The van der Waals surface area contributed by atoms with E-state index in [0.717, 1.165) is 43.2 Å². The topological polar surface area (TPSA) is 105 Å². The zero-order chi connectivity index (χ0) is 24.8. The van der Waals surface area contributed by atoms with Crippen molar-refractivity contribution in [1.29, 1.82) is 0 Å². The number of hydrogen-bond acceptors (Lipinski definition) is 5. The molecule has 8 heteroatoms. The number of benzene rings is 1. The fourth-order valence-corrected chi connectivity index (χ4v) is 4.58.